The van der Waals surface area contributed by atoms with E-state index in [1.54, 1.807) is 36.4 Å². The van der Waals surface area contributed by atoms with E-state index in [1.165, 1.54) is 19.2 Å². The number of hydrogen-bond acceptors (Lipinski definition) is 5. The van der Waals surface area contributed by atoms with Gasteiger partial charge in [0.15, 0.2) is 0 Å². The molecule has 0 unspecified atom stereocenters. The van der Waals surface area contributed by atoms with Crippen molar-refractivity contribution in [1.82, 2.24) is 9.97 Å². The molecule has 0 spiro atoms. The summed E-state index contributed by atoms with van der Waals surface area (Å²) >= 11 is 6.29. The van der Waals surface area contributed by atoms with Crippen LogP contribution < -0.4 is 0 Å². The standard InChI is InChI=1S/C17H12ClN3O4/c1-25-17(22)11-4-2-10(3-5-11)8-13(18)16-19-14-7-6-12(21(23)24)9-15(14)20-16/h2-9H,1H3,(H,19,20). The Morgan fingerprint density at radius 1 is 1.28 bits per heavy atom. The van der Waals surface area contributed by atoms with E-state index in [0.29, 0.717) is 27.5 Å². The quantitative estimate of drug-likeness (QED) is 0.432. The number of nitrogens with one attached hydrogen (secondary N) is 1. The highest BCUT2D eigenvalue weighted by Gasteiger charge is 2.11. The summed E-state index contributed by atoms with van der Waals surface area (Å²) in [6.07, 6.45) is 1.68. The normalized spacial score (nSPS) is 11.5. The third-order valence-corrected chi connectivity index (χ3v) is 3.82. The highest BCUT2D eigenvalue weighted by molar-refractivity contribution is 6.50. The van der Waals surface area contributed by atoms with Gasteiger partial charge in [-0.1, -0.05) is 23.7 Å². The molecule has 25 heavy (non-hydrogen) atoms. The molecule has 126 valence electrons. The Kier molecular flexibility index (Phi) is 4.49. The molecule has 1 heterocycles. The predicted octanol–water partition coefficient (Wildman–Crippen LogP) is 3.99. The number of nitro benzene ring substituents is 1. The van der Waals surface area contributed by atoms with Crippen LogP contribution in [0.4, 0.5) is 5.69 Å². The average molecular weight is 358 g/mol. The zero-order valence-electron chi connectivity index (χ0n) is 13.0. The highest BCUT2D eigenvalue weighted by Crippen LogP contribution is 2.25. The van der Waals surface area contributed by atoms with Crippen molar-refractivity contribution < 1.29 is 14.5 Å². The number of imidazole rings is 1. The maximum absolute atomic E-state index is 11.4. The molecule has 2 aromatic carbocycles. The van der Waals surface area contributed by atoms with E-state index < -0.39 is 10.9 Å². The Morgan fingerprint density at radius 2 is 2.00 bits per heavy atom. The number of carbonyl (C=O) groups is 1. The lowest BCUT2D eigenvalue weighted by Gasteiger charge is -2.00. The number of fused-ring (bicyclic) bond motifs is 1. The fraction of sp³-hybridized carbons (Fsp3) is 0.0588. The summed E-state index contributed by atoms with van der Waals surface area (Å²) in [5.74, 6) is -0.0188. The molecular formula is C17H12ClN3O4. The first kappa shape index (κ1) is 16.7. The minimum Gasteiger partial charge on any atom is -0.465 e. The van der Waals surface area contributed by atoms with Gasteiger partial charge in [0.2, 0.25) is 0 Å². The number of non-ortho nitro benzene ring substituents is 1. The molecule has 1 N–H and O–H groups in total. The Labute approximate surface area is 147 Å². The number of benzene rings is 2. The summed E-state index contributed by atoms with van der Waals surface area (Å²) in [6, 6.07) is 11.1. The van der Waals surface area contributed by atoms with Crippen LogP contribution >= 0.6 is 11.6 Å². The van der Waals surface area contributed by atoms with E-state index in [1.807, 2.05) is 0 Å². The van der Waals surface area contributed by atoms with Gasteiger partial charge in [-0.25, -0.2) is 9.78 Å². The second kappa shape index (κ2) is 6.74. The van der Waals surface area contributed by atoms with Crippen LogP contribution in [0.2, 0.25) is 0 Å². The number of hydrogen-bond donors (Lipinski definition) is 1. The van der Waals surface area contributed by atoms with Gasteiger partial charge in [0.05, 0.1) is 33.7 Å². The number of esters is 1. The molecular weight excluding hydrogens is 346 g/mol. The number of nitrogens with zero attached hydrogens (tertiary/aromatic N) is 2. The molecule has 0 aliphatic carbocycles. The van der Waals surface area contributed by atoms with E-state index in [-0.39, 0.29) is 5.69 Å². The molecule has 0 saturated carbocycles. The van der Waals surface area contributed by atoms with Gasteiger partial charge in [0.25, 0.3) is 5.69 Å². The average Bonchev–Trinajstić information content (AvgIpc) is 3.05. The van der Waals surface area contributed by atoms with Crippen molar-refractivity contribution in [3.05, 3.63) is 69.5 Å². The molecule has 0 aliphatic rings. The number of carbonyl (C=O) groups excluding carboxylic acids is 1. The van der Waals surface area contributed by atoms with Gasteiger partial charge >= 0.3 is 5.97 Å². The fourth-order valence-electron chi connectivity index (χ4n) is 2.27. The minimum atomic E-state index is -0.472. The first-order chi connectivity index (χ1) is 12.0. The molecule has 0 bridgehead atoms. The summed E-state index contributed by atoms with van der Waals surface area (Å²) in [4.78, 5) is 29.0. The zero-order valence-corrected chi connectivity index (χ0v) is 13.8. The largest absolute Gasteiger partial charge is 0.465 e. The number of halogens is 1. The van der Waals surface area contributed by atoms with Gasteiger partial charge in [-0.3, -0.25) is 10.1 Å². The third kappa shape index (κ3) is 3.51. The fourth-order valence-corrected chi connectivity index (χ4v) is 2.49. The molecule has 0 atom stereocenters. The van der Waals surface area contributed by atoms with Crippen molar-refractivity contribution in [2.75, 3.05) is 7.11 Å². The van der Waals surface area contributed by atoms with Gasteiger partial charge in [0.1, 0.15) is 5.82 Å². The summed E-state index contributed by atoms with van der Waals surface area (Å²) in [7, 11) is 1.32. The maximum atomic E-state index is 11.4. The number of rotatable bonds is 4. The number of nitro groups is 1. The molecule has 0 amide bonds. The lowest BCUT2D eigenvalue weighted by Crippen LogP contribution is -2.00. The summed E-state index contributed by atoms with van der Waals surface area (Å²) in [5, 5.41) is 11.2. The number of methoxy groups -OCH3 is 1. The van der Waals surface area contributed by atoms with Gasteiger partial charge in [-0.15, -0.1) is 0 Å². The van der Waals surface area contributed by atoms with Crippen molar-refractivity contribution in [2.45, 2.75) is 0 Å². The van der Waals surface area contributed by atoms with Crippen LogP contribution in [0.15, 0.2) is 42.5 Å². The molecule has 0 radical (unpaired) electrons. The summed E-state index contributed by atoms with van der Waals surface area (Å²) < 4.78 is 4.64. The van der Waals surface area contributed by atoms with E-state index in [2.05, 4.69) is 14.7 Å². The Bertz CT molecular complexity index is 993. The number of aromatic amines is 1. The molecule has 8 heteroatoms. The van der Waals surface area contributed by atoms with Crippen LogP contribution in [-0.2, 0) is 4.74 Å². The molecule has 7 nitrogen and oxygen atoms in total. The van der Waals surface area contributed by atoms with Crippen LogP contribution in [0, 0.1) is 10.1 Å². The topological polar surface area (TPSA) is 98.1 Å². The van der Waals surface area contributed by atoms with Crippen molar-refractivity contribution >= 4 is 45.4 Å². The Hall–Kier alpha value is -3.19. The van der Waals surface area contributed by atoms with Crippen molar-refractivity contribution in [2.24, 2.45) is 0 Å². The monoisotopic (exact) mass is 357 g/mol. The number of aromatic nitrogens is 2. The van der Waals surface area contributed by atoms with Gasteiger partial charge in [0, 0.05) is 12.1 Å². The van der Waals surface area contributed by atoms with Gasteiger partial charge in [-0.05, 0) is 29.8 Å². The molecule has 1 aromatic heterocycles. The number of H-pyrrole nitrogens is 1. The van der Waals surface area contributed by atoms with Crippen molar-refractivity contribution in [3.8, 4) is 0 Å². The van der Waals surface area contributed by atoms with Crippen LogP contribution in [0.5, 0.6) is 0 Å². The third-order valence-electron chi connectivity index (χ3n) is 3.53. The lowest BCUT2D eigenvalue weighted by molar-refractivity contribution is -0.384. The number of ether oxygens (including phenoxy) is 1. The first-order valence-corrected chi connectivity index (χ1v) is 7.56. The van der Waals surface area contributed by atoms with E-state index in [0.717, 1.165) is 5.56 Å². The van der Waals surface area contributed by atoms with Crippen LogP contribution in [-0.4, -0.2) is 28.0 Å². The van der Waals surface area contributed by atoms with Gasteiger partial charge < -0.3 is 9.72 Å². The minimum absolute atomic E-state index is 0.0267. The second-order valence-electron chi connectivity index (χ2n) is 5.15. The second-order valence-corrected chi connectivity index (χ2v) is 5.56. The molecule has 3 aromatic rings. The lowest BCUT2D eigenvalue weighted by atomic mass is 10.1. The van der Waals surface area contributed by atoms with Crippen LogP contribution in [0.3, 0.4) is 0 Å². The molecule has 3 rings (SSSR count). The summed E-state index contributed by atoms with van der Waals surface area (Å²) in [5.41, 5.74) is 2.28. The van der Waals surface area contributed by atoms with Crippen LogP contribution in [0.1, 0.15) is 21.7 Å². The highest BCUT2D eigenvalue weighted by atomic mass is 35.5. The molecule has 0 fully saturated rings. The van der Waals surface area contributed by atoms with E-state index >= 15 is 0 Å². The Morgan fingerprint density at radius 3 is 2.64 bits per heavy atom. The van der Waals surface area contributed by atoms with Crippen molar-refractivity contribution in [3.63, 3.8) is 0 Å². The first-order valence-electron chi connectivity index (χ1n) is 7.18. The van der Waals surface area contributed by atoms with Crippen molar-refractivity contribution in [1.29, 1.82) is 0 Å². The summed E-state index contributed by atoms with van der Waals surface area (Å²) in [6.45, 7) is 0. The predicted molar refractivity (Wildman–Crippen MR) is 94.3 cm³/mol. The molecule has 0 aliphatic heterocycles. The van der Waals surface area contributed by atoms with E-state index in [4.69, 9.17) is 11.6 Å². The molecule has 0 saturated heterocycles. The zero-order chi connectivity index (χ0) is 18.0. The van der Waals surface area contributed by atoms with E-state index in [9.17, 15) is 14.9 Å². The maximum Gasteiger partial charge on any atom is 0.337 e. The van der Waals surface area contributed by atoms with Crippen LogP contribution in [0.25, 0.3) is 22.1 Å². The smallest absolute Gasteiger partial charge is 0.337 e. The SMILES string of the molecule is COC(=O)c1ccc(C=C(Cl)c2nc3ccc([N+](=O)[O-])cc3[nH]2)cc1. The Balaban J connectivity index is 1.90. The van der Waals surface area contributed by atoms with Gasteiger partial charge in [-0.2, -0.15) is 0 Å².